The Hall–Kier alpha value is -1.56. The van der Waals surface area contributed by atoms with E-state index < -0.39 is 6.10 Å². The van der Waals surface area contributed by atoms with E-state index in [0.29, 0.717) is 30.7 Å². The lowest BCUT2D eigenvalue weighted by molar-refractivity contribution is 0.0761. The van der Waals surface area contributed by atoms with Crippen LogP contribution in [-0.2, 0) is 4.74 Å². The van der Waals surface area contributed by atoms with Crippen LogP contribution >= 0.6 is 11.8 Å². The Labute approximate surface area is 109 Å². The maximum atomic E-state index is 8.89. The molecule has 1 saturated heterocycles. The van der Waals surface area contributed by atoms with E-state index in [4.69, 9.17) is 15.8 Å². The molecule has 2 heterocycles. The maximum Gasteiger partial charge on any atom is 0.191 e. The van der Waals surface area contributed by atoms with Crippen molar-refractivity contribution in [3.63, 3.8) is 0 Å². The van der Waals surface area contributed by atoms with Gasteiger partial charge < -0.3 is 15.1 Å². The van der Waals surface area contributed by atoms with Crippen LogP contribution in [0.2, 0.25) is 0 Å². The van der Waals surface area contributed by atoms with Crippen molar-refractivity contribution >= 4 is 23.4 Å². The molecular formula is C10H14N6OS. The van der Waals surface area contributed by atoms with E-state index in [2.05, 4.69) is 21.5 Å². The first-order valence-corrected chi connectivity index (χ1v) is 6.65. The van der Waals surface area contributed by atoms with Crippen LogP contribution in [0.4, 0.5) is 11.6 Å². The molecule has 0 bridgehead atoms. The number of nitrogen functional groups attached to an aromatic ring is 1. The molecule has 2 rings (SSSR count). The fourth-order valence-corrected chi connectivity index (χ4v) is 2.05. The number of nitrogens with zero attached hydrogens (tertiary/aromatic N) is 4. The smallest absolute Gasteiger partial charge is 0.191 e. The van der Waals surface area contributed by atoms with Gasteiger partial charge in [0, 0.05) is 12.6 Å². The van der Waals surface area contributed by atoms with Gasteiger partial charge in [-0.1, -0.05) is 11.8 Å². The molecule has 0 spiro atoms. The summed E-state index contributed by atoms with van der Waals surface area (Å²) in [6, 6.07) is 3.87. The molecule has 1 aromatic rings. The molecule has 96 valence electrons. The number of nitriles is 1. The SMILES string of the molecule is CSc1nc(NN)cc(N2CCOC(C#N)C2)n1. The molecule has 0 aromatic carbocycles. The average molecular weight is 266 g/mol. The van der Waals surface area contributed by atoms with E-state index in [-0.39, 0.29) is 0 Å². The molecule has 1 fully saturated rings. The highest BCUT2D eigenvalue weighted by Gasteiger charge is 2.21. The zero-order chi connectivity index (χ0) is 13.0. The number of hydrogen-bond acceptors (Lipinski definition) is 8. The molecule has 0 aliphatic carbocycles. The highest BCUT2D eigenvalue weighted by atomic mass is 32.2. The summed E-state index contributed by atoms with van der Waals surface area (Å²) in [5.74, 6) is 6.70. The summed E-state index contributed by atoms with van der Waals surface area (Å²) in [6.45, 7) is 1.72. The molecule has 8 heteroatoms. The van der Waals surface area contributed by atoms with Crippen LogP contribution in [-0.4, -0.2) is 42.0 Å². The minimum absolute atomic E-state index is 0.416. The lowest BCUT2D eigenvalue weighted by atomic mass is 10.3. The molecule has 1 aliphatic rings. The Morgan fingerprint density at radius 1 is 1.67 bits per heavy atom. The fourth-order valence-electron chi connectivity index (χ4n) is 1.68. The van der Waals surface area contributed by atoms with Gasteiger partial charge in [0.2, 0.25) is 0 Å². The predicted molar refractivity (Wildman–Crippen MR) is 69.2 cm³/mol. The highest BCUT2D eigenvalue weighted by molar-refractivity contribution is 7.98. The van der Waals surface area contributed by atoms with Crippen LogP contribution in [0.5, 0.6) is 0 Å². The van der Waals surface area contributed by atoms with Crippen LogP contribution in [0.3, 0.4) is 0 Å². The number of morpholine rings is 1. The van der Waals surface area contributed by atoms with Gasteiger partial charge in [0.25, 0.3) is 0 Å². The van der Waals surface area contributed by atoms with Crippen molar-refractivity contribution in [2.24, 2.45) is 5.84 Å². The quantitative estimate of drug-likeness (QED) is 0.347. The van der Waals surface area contributed by atoms with Crippen molar-refractivity contribution < 1.29 is 4.74 Å². The van der Waals surface area contributed by atoms with E-state index in [1.54, 1.807) is 6.07 Å². The molecule has 1 unspecified atom stereocenters. The molecule has 7 nitrogen and oxygen atoms in total. The summed E-state index contributed by atoms with van der Waals surface area (Å²) in [6.07, 6.45) is 1.48. The standard InChI is InChI=1S/C10H14N6OS/c1-18-10-13-8(15-12)4-9(14-10)16-2-3-17-7(5-11)6-16/h4,7H,2-3,6,12H2,1H3,(H,13,14,15). The van der Waals surface area contributed by atoms with Gasteiger partial charge in [-0.2, -0.15) is 5.26 Å². The van der Waals surface area contributed by atoms with Crippen LogP contribution in [0, 0.1) is 11.3 Å². The van der Waals surface area contributed by atoms with Crippen molar-refractivity contribution in [3.8, 4) is 6.07 Å². The number of rotatable bonds is 3. The van der Waals surface area contributed by atoms with Gasteiger partial charge in [0.05, 0.1) is 19.2 Å². The Morgan fingerprint density at radius 3 is 3.17 bits per heavy atom. The van der Waals surface area contributed by atoms with Crippen molar-refractivity contribution in [1.82, 2.24) is 9.97 Å². The second-order valence-electron chi connectivity index (χ2n) is 3.68. The van der Waals surface area contributed by atoms with E-state index >= 15 is 0 Å². The monoisotopic (exact) mass is 266 g/mol. The first-order valence-electron chi connectivity index (χ1n) is 5.42. The molecule has 0 amide bonds. The van der Waals surface area contributed by atoms with Crippen LogP contribution in [0.25, 0.3) is 0 Å². The first kappa shape index (κ1) is 12.9. The van der Waals surface area contributed by atoms with Gasteiger partial charge in [-0.3, -0.25) is 0 Å². The van der Waals surface area contributed by atoms with E-state index in [1.807, 2.05) is 11.2 Å². The number of anilines is 2. The Morgan fingerprint density at radius 2 is 2.50 bits per heavy atom. The molecule has 18 heavy (non-hydrogen) atoms. The van der Waals surface area contributed by atoms with Crippen LogP contribution in [0.15, 0.2) is 11.2 Å². The molecular weight excluding hydrogens is 252 g/mol. The number of thioether (sulfide) groups is 1. The maximum absolute atomic E-state index is 8.89. The van der Waals surface area contributed by atoms with Crippen molar-refractivity contribution in [2.75, 3.05) is 36.3 Å². The average Bonchev–Trinajstić information content (AvgIpc) is 2.46. The van der Waals surface area contributed by atoms with Crippen molar-refractivity contribution in [3.05, 3.63) is 6.07 Å². The number of ether oxygens (including phenoxy) is 1. The summed E-state index contributed by atoms with van der Waals surface area (Å²) in [5.41, 5.74) is 2.52. The first-order chi connectivity index (χ1) is 8.76. The Bertz CT molecular complexity index is 440. The van der Waals surface area contributed by atoms with E-state index in [1.165, 1.54) is 11.8 Å². The largest absolute Gasteiger partial charge is 0.360 e. The normalized spacial score (nSPS) is 19.4. The van der Waals surface area contributed by atoms with Gasteiger partial charge in [-0.25, -0.2) is 15.8 Å². The zero-order valence-electron chi connectivity index (χ0n) is 9.96. The number of hydrazine groups is 1. The molecule has 1 aliphatic heterocycles. The van der Waals surface area contributed by atoms with Gasteiger partial charge in [-0.15, -0.1) is 0 Å². The number of nitrogens with one attached hydrogen (secondary N) is 1. The number of hydrogen-bond donors (Lipinski definition) is 2. The van der Waals surface area contributed by atoms with Crippen LogP contribution < -0.4 is 16.2 Å². The third-order valence-electron chi connectivity index (χ3n) is 2.56. The number of nitrogens with two attached hydrogens (primary N) is 1. The van der Waals surface area contributed by atoms with Crippen molar-refractivity contribution in [1.29, 1.82) is 5.26 Å². The minimum Gasteiger partial charge on any atom is -0.360 e. The second kappa shape index (κ2) is 5.86. The van der Waals surface area contributed by atoms with Gasteiger partial charge in [0.1, 0.15) is 11.6 Å². The zero-order valence-corrected chi connectivity index (χ0v) is 10.8. The third-order valence-corrected chi connectivity index (χ3v) is 3.10. The topological polar surface area (TPSA) is 100 Å². The molecule has 3 N–H and O–H groups in total. The summed E-state index contributed by atoms with van der Waals surface area (Å²) in [5, 5.41) is 9.53. The van der Waals surface area contributed by atoms with Crippen molar-refractivity contribution in [2.45, 2.75) is 11.3 Å². The Kier molecular flexibility index (Phi) is 4.19. The summed E-state index contributed by atoms with van der Waals surface area (Å²) < 4.78 is 5.30. The van der Waals surface area contributed by atoms with Crippen LogP contribution in [0.1, 0.15) is 0 Å². The predicted octanol–water partition coefficient (Wildman–Crippen LogP) is 0.213. The minimum atomic E-state index is -0.416. The highest BCUT2D eigenvalue weighted by Crippen LogP contribution is 2.21. The summed E-state index contributed by atoms with van der Waals surface area (Å²) in [7, 11) is 0. The Balaban J connectivity index is 2.24. The van der Waals surface area contributed by atoms with E-state index in [0.717, 1.165) is 5.82 Å². The lowest BCUT2D eigenvalue weighted by Crippen LogP contribution is -2.42. The fraction of sp³-hybridized carbons (Fsp3) is 0.500. The summed E-state index contributed by atoms with van der Waals surface area (Å²) in [4.78, 5) is 10.6. The summed E-state index contributed by atoms with van der Waals surface area (Å²) >= 11 is 1.44. The molecule has 0 radical (unpaired) electrons. The van der Waals surface area contributed by atoms with E-state index in [9.17, 15) is 0 Å². The number of aromatic nitrogens is 2. The van der Waals surface area contributed by atoms with Gasteiger partial charge in [-0.05, 0) is 6.26 Å². The van der Waals surface area contributed by atoms with Gasteiger partial charge >= 0.3 is 0 Å². The molecule has 1 atom stereocenters. The second-order valence-corrected chi connectivity index (χ2v) is 4.45. The third kappa shape index (κ3) is 2.81. The van der Waals surface area contributed by atoms with Gasteiger partial charge in [0.15, 0.2) is 11.3 Å². The lowest BCUT2D eigenvalue weighted by Gasteiger charge is -2.30. The molecule has 0 saturated carbocycles. The molecule has 1 aromatic heterocycles.